The summed E-state index contributed by atoms with van der Waals surface area (Å²) >= 11 is 0. The SMILES string of the molecule is CN(Cc1ccc(N2CCOCC2)cc1)C(=O)c1n[nH]c2ccccc12. The molecule has 0 unspecified atom stereocenters. The number of carbonyl (C=O) groups is 1. The van der Waals surface area contributed by atoms with Crippen LogP contribution >= 0.6 is 0 Å². The molecular formula is C20H22N4O2. The number of H-pyrrole nitrogens is 1. The first-order chi connectivity index (χ1) is 12.7. The summed E-state index contributed by atoms with van der Waals surface area (Å²) in [4.78, 5) is 16.8. The molecule has 1 fully saturated rings. The van der Waals surface area contributed by atoms with Gasteiger partial charge in [0.05, 0.1) is 18.7 Å². The Morgan fingerprint density at radius 1 is 1.15 bits per heavy atom. The second-order valence-electron chi connectivity index (χ2n) is 6.54. The van der Waals surface area contributed by atoms with E-state index in [9.17, 15) is 4.79 Å². The number of hydrogen-bond donors (Lipinski definition) is 1. The molecule has 2 heterocycles. The van der Waals surface area contributed by atoms with E-state index >= 15 is 0 Å². The molecule has 0 saturated carbocycles. The topological polar surface area (TPSA) is 61.5 Å². The van der Waals surface area contributed by atoms with Crippen LogP contribution in [0, 0.1) is 0 Å². The van der Waals surface area contributed by atoms with Crippen molar-refractivity contribution in [3.05, 3.63) is 59.8 Å². The minimum Gasteiger partial charge on any atom is -0.378 e. The number of hydrogen-bond acceptors (Lipinski definition) is 4. The number of anilines is 1. The molecule has 2 aromatic carbocycles. The van der Waals surface area contributed by atoms with Crippen molar-refractivity contribution in [1.82, 2.24) is 15.1 Å². The maximum absolute atomic E-state index is 12.8. The van der Waals surface area contributed by atoms with Crippen LogP contribution in [-0.2, 0) is 11.3 Å². The third-order valence-electron chi connectivity index (χ3n) is 4.75. The first kappa shape index (κ1) is 16.6. The molecule has 134 valence electrons. The molecule has 0 spiro atoms. The van der Waals surface area contributed by atoms with Gasteiger partial charge in [0.2, 0.25) is 0 Å². The Morgan fingerprint density at radius 3 is 2.65 bits per heavy atom. The van der Waals surface area contributed by atoms with Gasteiger partial charge in [0.1, 0.15) is 0 Å². The molecule has 0 atom stereocenters. The lowest BCUT2D eigenvalue weighted by molar-refractivity contribution is 0.0781. The molecule has 26 heavy (non-hydrogen) atoms. The van der Waals surface area contributed by atoms with Crippen LogP contribution in [0.1, 0.15) is 16.1 Å². The van der Waals surface area contributed by atoms with Crippen molar-refractivity contribution >= 4 is 22.5 Å². The predicted octanol–water partition coefficient (Wildman–Crippen LogP) is 2.67. The first-order valence-corrected chi connectivity index (χ1v) is 8.82. The molecule has 3 aromatic rings. The summed E-state index contributed by atoms with van der Waals surface area (Å²) in [6.07, 6.45) is 0. The van der Waals surface area contributed by atoms with E-state index in [-0.39, 0.29) is 5.91 Å². The summed E-state index contributed by atoms with van der Waals surface area (Å²) < 4.78 is 5.40. The van der Waals surface area contributed by atoms with Crippen molar-refractivity contribution in [2.45, 2.75) is 6.54 Å². The Labute approximate surface area is 152 Å². The molecule has 1 aromatic heterocycles. The Balaban J connectivity index is 1.45. The van der Waals surface area contributed by atoms with Crippen LogP contribution in [0.25, 0.3) is 10.9 Å². The fourth-order valence-corrected chi connectivity index (χ4v) is 3.29. The van der Waals surface area contributed by atoms with E-state index in [0.29, 0.717) is 12.2 Å². The first-order valence-electron chi connectivity index (χ1n) is 8.82. The number of nitrogens with zero attached hydrogens (tertiary/aromatic N) is 3. The van der Waals surface area contributed by atoms with Crippen LogP contribution < -0.4 is 4.90 Å². The highest BCUT2D eigenvalue weighted by Gasteiger charge is 2.18. The standard InChI is InChI=1S/C20H22N4O2/c1-23(20(25)19-17-4-2-3-5-18(17)21-22-19)14-15-6-8-16(9-7-15)24-10-12-26-13-11-24/h2-9H,10-14H2,1H3,(H,21,22). The number of nitrogens with one attached hydrogen (secondary N) is 1. The second kappa shape index (κ2) is 7.17. The van der Waals surface area contributed by atoms with Crippen molar-refractivity contribution < 1.29 is 9.53 Å². The highest BCUT2D eigenvalue weighted by atomic mass is 16.5. The van der Waals surface area contributed by atoms with Crippen LogP contribution in [0.2, 0.25) is 0 Å². The van der Waals surface area contributed by atoms with Gasteiger partial charge in [-0.05, 0) is 23.8 Å². The van der Waals surface area contributed by atoms with Gasteiger partial charge >= 0.3 is 0 Å². The smallest absolute Gasteiger partial charge is 0.275 e. The Hall–Kier alpha value is -2.86. The van der Waals surface area contributed by atoms with Crippen LogP contribution in [0.5, 0.6) is 0 Å². The third-order valence-corrected chi connectivity index (χ3v) is 4.75. The van der Waals surface area contributed by atoms with E-state index in [0.717, 1.165) is 42.8 Å². The number of benzene rings is 2. The largest absolute Gasteiger partial charge is 0.378 e. The molecular weight excluding hydrogens is 328 g/mol. The fourth-order valence-electron chi connectivity index (χ4n) is 3.29. The predicted molar refractivity (Wildman–Crippen MR) is 101 cm³/mol. The lowest BCUT2D eigenvalue weighted by Crippen LogP contribution is -2.36. The zero-order valence-electron chi connectivity index (χ0n) is 14.8. The zero-order valence-corrected chi connectivity index (χ0v) is 14.8. The van der Waals surface area contributed by atoms with Gasteiger partial charge in [-0.15, -0.1) is 0 Å². The van der Waals surface area contributed by atoms with Gasteiger partial charge < -0.3 is 14.5 Å². The Bertz CT molecular complexity index is 898. The summed E-state index contributed by atoms with van der Waals surface area (Å²) in [5.41, 5.74) is 3.63. The molecule has 6 heteroatoms. The highest BCUT2D eigenvalue weighted by molar-refractivity contribution is 6.04. The molecule has 0 bridgehead atoms. The van der Waals surface area contributed by atoms with E-state index in [1.54, 1.807) is 4.90 Å². The van der Waals surface area contributed by atoms with E-state index in [4.69, 9.17) is 4.74 Å². The molecule has 1 amide bonds. The summed E-state index contributed by atoms with van der Waals surface area (Å²) in [5.74, 6) is -0.0836. The van der Waals surface area contributed by atoms with Gasteiger partial charge in [-0.2, -0.15) is 5.10 Å². The third kappa shape index (κ3) is 3.28. The number of carbonyl (C=O) groups excluding carboxylic acids is 1. The van der Waals surface area contributed by atoms with Gasteiger partial charge in [0.25, 0.3) is 5.91 Å². The second-order valence-corrected chi connectivity index (χ2v) is 6.54. The molecule has 0 radical (unpaired) electrons. The van der Waals surface area contributed by atoms with E-state index in [1.165, 1.54) is 5.69 Å². The summed E-state index contributed by atoms with van der Waals surface area (Å²) in [6, 6.07) is 16.1. The van der Waals surface area contributed by atoms with Crippen molar-refractivity contribution in [3.8, 4) is 0 Å². The van der Waals surface area contributed by atoms with Crippen molar-refractivity contribution in [3.63, 3.8) is 0 Å². The quantitative estimate of drug-likeness (QED) is 0.786. The molecule has 1 saturated heterocycles. The number of amides is 1. The van der Waals surface area contributed by atoms with E-state index in [2.05, 4.69) is 39.4 Å². The molecule has 1 aliphatic rings. The number of fused-ring (bicyclic) bond motifs is 1. The van der Waals surface area contributed by atoms with Gasteiger partial charge in [0, 0.05) is 37.8 Å². The lowest BCUT2D eigenvalue weighted by Gasteiger charge is -2.29. The van der Waals surface area contributed by atoms with Crippen LogP contribution in [-0.4, -0.2) is 54.4 Å². The minimum atomic E-state index is -0.0836. The van der Waals surface area contributed by atoms with Crippen LogP contribution in [0.3, 0.4) is 0 Å². The number of para-hydroxylation sites is 1. The number of ether oxygens (including phenoxy) is 1. The Kier molecular flexibility index (Phi) is 4.58. The van der Waals surface area contributed by atoms with Crippen molar-refractivity contribution in [1.29, 1.82) is 0 Å². The normalized spacial score (nSPS) is 14.6. The van der Waals surface area contributed by atoms with E-state index < -0.39 is 0 Å². The van der Waals surface area contributed by atoms with Gasteiger partial charge in [-0.1, -0.05) is 30.3 Å². The summed E-state index contributed by atoms with van der Waals surface area (Å²) in [7, 11) is 1.81. The number of morpholine rings is 1. The van der Waals surface area contributed by atoms with Gasteiger partial charge in [0.15, 0.2) is 5.69 Å². The number of aromatic nitrogens is 2. The molecule has 4 rings (SSSR count). The fraction of sp³-hybridized carbons (Fsp3) is 0.300. The maximum Gasteiger partial charge on any atom is 0.275 e. The monoisotopic (exact) mass is 350 g/mol. The summed E-state index contributed by atoms with van der Waals surface area (Å²) in [5, 5.41) is 7.97. The van der Waals surface area contributed by atoms with Gasteiger partial charge in [-0.25, -0.2) is 0 Å². The zero-order chi connectivity index (χ0) is 17.9. The van der Waals surface area contributed by atoms with Gasteiger partial charge in [-0.3, -0.25) is 9.89 Å². The van der Waals surface area contributed by atoms with Crippen LogP contribution in [0.15, 0.2) is 48.5 Å². The maximum atomic E-state index is 12.8. The molecule has 1 aliphatic heterocycles. The minimum absolute atomic E-state index is 0.0836. The number of aromatic amines is 1. The van der Waals surface area contributed by atoms with E-state index in [1.807, 2.05) is 31.3 Å². The van der Waals surface area contributed by atoms with Crippen LogP contribution in [0.4, 0.5) is 5.69 Å². The lowest BCUT2D eigenvalue weighted by atomic mass is 10.1. The highest BCUT2D eigenvalue weighted by Crippen LogP contribution is 2.19. The molecule has 1 N–H and O–H groups in total. The van der Waals surface area contributed by atoms with Crippen molar-refractivity contribution in [2.75, 3.05) is 38.3 Å². The molecule has 0 aliphatic carbocycles. The Morgan fingerprint density at radius 2 is 1.88 bits per heavy atom. The summed E-state index contributed by atoms with van der Waals surface area (Å²) in [6.45, 7) is 3.94. The number of rotatable bonds is 4. The molecule has 6 nitrogen and oxygen atoms in total. The van der Waals surface area contributed by atoms with Crippen molar-refractivity contribution in [2.24, 2.45) is 0 Å². The average Bonchev–Trinajstić information content (AvgIpc) is 3.13. The average molecular weight is 350 g/mol.